The molecule has 7 nitrogen and oxygen atoms in total. The van der Waals surface area contributed by atoms with E-state index in [0.717, 1.165) is 31.5 Å². The van der Waals surface area contributed by atoms with Crippen molar-refractivity contribution in [3.05, 3.63) is 33.9 Å². The van der Waals surface area contributed by atoms with Gasteiger partial charge in [-0.05, 0) is 31.5 Å². The van der Waals surface area contributed by atoms with Crippen LogP contribution in [0.1, 0.15) is 24.8 Å². The first-order chi connectivity index (χ1) is 11.8. The highest BCUT2D eigenvalue weighted by molar-refractivity contribution is 5.85. The second kappa shape index (κ2) is 9.58. The highest BCUT2D eigenvalue weighted by Crippen LogP contribution is 2.34. The predicted molar refractivity (Wildman–Crippen MR) is 92.5 cm³/mol. The van der Waals surface area contributed by atoms with Gasteiger partial charge in [-0.15, -0.1) is 12.4 Å². The normalized spacial score (nSPS) is 17.1. The van der Waals surface area contributed by atoms with Crippen LogP contribution in [0.25, 0.3) is 0 Å². The summed E-state index contributed by atoms with van der Waals surface area (Å²) in [6.07, 6.45) is -2.73. The minimum absolute atomic E-state index is 0. The van der Waals surface area contributed by atoms with E-state index in [4.69, 9.17) is 0 Å². The van der Waals surface area contributed by atoms with E-state index in [9.17, 15) is 28.1 Å². The molecule has 0 radical (unpaired) electrons. The summed E-state index contributed by atoms with van der Waals surface area (Å²) in [6.45, 7) is 1.70. The van der Waals surface area contributed by atoms with Crippen LogP contribution in [0, 0.1) is 10.1 Å². The highest BCUT2D eigenvalue weighted by Gasteiger charge is 2.33. The van der Waals surface area contributed by atoms with Crippen LogP contribution in [0.2, 0.25) is 0 Å². The lowest BCUT2D eigenvalue weighted by Gasteiger charge is -2.23. The summed E-state index contributed by atoms with van der Waals surface area (Å²) in [4.78, 5) is 21.9. The number of amides is 1. The molecule has 1 aromatic carbocycles. The van der Waals surface area contributed by atoms with Crippen molar-refractivity contribution in [1.82, 2.24) is 10.6 Å². The van der Waals surface area contributed by atoms with Crippen LogP contribution in [0.4, 0.5) is 24.5 Å². The third-order valence-electron chi connectivity index (χ3n) is 3.85. The molecule has 0 saturated carbocycles. The topological polar surface area (TPSA) is 96.3 Å². The maximum Gasteiger partial charge on any atom is 0.416 e. The van der Waals surface area contributed by atoms with Crippen LogP contribution in [0.3, 0.4) is 0 Å². The van der Waals surface area contributed by atoms with Crippen molar-refractivity contribution in [2.45, 2.75) is 31.5 Å². The zero-order valence-electron chi connectivity index (χ0n) is 13.8. The van der Waals surface area contributed by atoms with Crippen LogP contribution >= 0.6 is 12.4 Å². The number of benzene rings is 1. The van der Waals surface area contributed by atoms with E-state index < -0.39 is 22.4 Å². The lowest BCUT2D eigenvalue weighted by Crippen LogP contribution is -2.45. The zero-order valence-corrected chi connectivity index (χ0v) is 14.6. The molecule has 1 fully saturated rings. The van der Waals surface area contributed by atoms with Gasteiger partial charge >= 0.3 is 6.18 Å². The van der Waals surface area contributed by atoms with Gasteiger partial charge < -0.3 is 16.0 Å². The second-order valence-electron chi connectivity index (χ2n) is 5.77. The number of anilines is 1. The van der Waals surface area contributed by atoms with E-state index in [0.29, 0.717) is 12.6 Å². The molecule has 0 aliphatic carbocycles. The van der Waals surface area contributed by atoms with Crippen LogP contribution in [0.15, 0.2) is 18.2 Å². The maximum atomic E-state index is 12.6. The quantitative estimate of drug-likeness (QED) is 0.507. The Morgan fingerprint density at radius 2 is 2.12 bits per heavy atom. The Labute approximate surface area is 154 Å². The fraction of sp³-hybridized carbons (Fsp3) is 0.533. The summed E-state index contributed by atoms with van der Waals surface area (Å²) in [6, 6.07) is 2.31. The van der Waals surface area contributed by atoms with Crippen molar-refractivity contribution in [1.29, 1.82) is 0 Å². The predicted octanol–water partition coefficient (Wildman–Crippen LogP) is 2.71. The molecule has 1 atom stereocenters. The fourth-order valence-corrected chi connectivity index (χ4v) is 2.59. The van der Waals surface area contributed by atoms with Gasteiger partial charge in [0.05, 0.1) is 10.5 Å². The van der Waals surface area contributed by atoms with Crippen molar-refractivity contribution in [3.63, 3.8) is 0 Å². The SMILES string of the molecule is Cl.O=C(CCNc1ccc(C(F)(F)F)cc1[N+](=O)[O-])N[C@H]1CCCNC1. The monoisotopic (exact) mass is 396 g/mol. The van der Waals surface area contributed by atoms with Crippen LogP contribution in [0.5, 0.6) is 0 Å². The van der Waals surface area contributed by atoms with E-state index in [1.807, 2.05) is 0 Å². The fourth-order valence-electron chi connectivity index (χ4n) is 2.59. The maximum absolute atomic E-state index is 12.6. The van der Waals surface area contributed by atoms with Gasteiger partial charge in [0.25, 0.3) is 5.69 Å². The summed E-state index contributed by atoms with van der Waals surface area (Å²) in [5.74, 6) is -0.212. The summed E-state index contributed by atoms with van der Waals surface area (Å²) in [5, 5.41) is 19.6. The molecule has 1 amide bonds. The molecular weight excluding hydrogens is 377 g/mol. The molecule has 3 N–H and O–H groups in total. The van der Waals surface area contributed by atoms with Gasteiger partial charge in [-0.3, -0.25) is 14.9 Å². The molecule has 1 heterocycles. The molecule has 26 heavy (non-hydrogen) atoms. The Morgan fingerprint density at radius 3 is 2.69 bits per heavy atom. The van der Waals surface area contributed by atoms with E-state index in [-0.39, 0.29) is 43.0 Å². The molecule has 1 aliphatic rings. The van der Waals surface area contributed by atoms with Gasteiger partial charge in [0, 0.05) is 31.6 Å². The van der Waals surface area contributed by atoms with Gasteiger partial charge in [0.2, 0.25) is 5.91 Å². The Bertz CT molecular complexity index is 637. The van der Waals surface area contributed by atoms with Gasteiger partial charge in [-0.25, -0.2) is 0 Å². The van der Waals surface area contributed by atoms with Crippen molar-refractivity contribution in [2.24, 2.45) is 0 Å². The third kappa shape index (κ3) is 6.34. The van der Waals surface area contributed by atoms with Crippen molar-refractivity contribution >= 4 is 29.7 Å². The molecule has 1 saturated heterocycles. The zero-order chi connectivity index (χ0) is 18.4. The molecule has 1 aromatic rings. The number of hydrogen-bond acceptors (Lipinski definition) is 5. The Morgan fingerprint density at radius 1 is 1.38 bits per heavy atom. The molecule has 0 unspecified atom stereocenters. The first-order valence-corrected chi connectivity index (χ1v) is 7.87. The smallest absolute Gasteiger partial charge is 0.379 e. The molecule has 2 rings (SSSR count). The van der Waals surface area contributed by atoms with Crippen molar-refractivity contribution < 1.29 is 22.9 Å². The molecule has 0 spiro atoms. The Balaban J connectivity index is 0.00000338. The largest absolute Gasteiger partial charge is 0.416 e. The second-order valence-corrected chi connectivity index (χ2v) is 5.77. The van der Waals surface area contributed by atoms with E-state index in [1.54, 1.807) is 0 Å². The van der Waals surface area contributed by atoms with Gasteiger partial charge in [0.15, 0.2) is 0 Å². The summed E-state index contributed by atoms with van der Waals surface area (Å²) in [5.41, 5.74) is -1.82. The van der Waals surface area contributed by atoms with Crippen LogP contribution in [-0.4, -0.2) is 36.5 Å². The van der Waals surface area contributed by atoms with Crippen LogP contribution in [-0.2, 0) is 11.0 Å². The van der Waals surface area contributed by atoms with Crippen molar-refractivity contribution in [3.8, 4) is 0 Å². The first-order valence-electron chi connectivity index (χ1n) is 7.87. The molecule has 0 aromatic heterocycles. The summed E-state index contributed by atoms with van der Waals surface area (Å²) >= 11 is 0. The minimum Gasteiger partial charge on any atom is -0.379 e. The standard InChI is InChI=1S/C15H19F3N4O3.ClH/c16-15(17,18)10-3-4-12(13(8-10)22(24)25)20-7-5-14(23)21-11-2-1-6-19-9-11;/h3-4,8,11,19-20H,1-2,5-7,9H2,(H,21,23);1H/t11-;/m0./s1. The van der Waals surface area contributed by atoms with E-state index in [1.165, 1.54) is 0 Å². The molecule has 0 bridgehead atoms. The third-order valence-corrected chi connectivity index (χ3v) is 3.85. The number of nitro groups is 1. The number of piperidine rings is 1. The number of nitrogens with one attached hydrogen (secondary N) is 3. The Hall–Kier alpha value is -2.07. The van der Waals surface area contributed by atoms with Crippen molar-refractivity contribution in [2.75, 3.05) is 25.0 Å². The lowest BCUT2D eigenvalue weighted by molar-refractivity contribution is -0.384. The number of halogens is 4. The number of nitro benzene ring substituents is 1. The van der Waals surface area contributed by atoms with Gasteiger partial charge in [-0.1, -0.05) is 0 Å². The van der Waals surface area contributed by atoms with Gasteiger partial charge in [-0.2, -0.15) is 13.2 Å². The number of carbonyl (C=O) groups is 1. The number of carbonyl (C=O) groups excluding carboxylic acids is 1. The molecule has 1 aliphatic heterocycles. The first kappa shape index (κ1) is 22.0. The minimum atomic E-state index is -4.66. The highest BCUT2D eigenvalue weighted by atomic mass is 35.5. The van der Waals surface area contributed by atoms with E-state index >= 15 is 0 Å². The number of rotatable bonds is 6. The van der Waals surface area contributed by atoms with E-state index in [2.05, 4.69) is 16.0 Å². The Kier molecular flexibility index (Phi) is 8.09. The average Bonchev–Trinajstić information content (AvgIpc) is 2.54. The van der Waals surface area contributed by atoms with Gasteiger partial charge in [0.1, 0.15) is 5.69 Å². The molecule has 146 valence electrons. The molecule has 11 heteroatoms. The number of nitrogens with zero attached hydrogens (tertiary/aromatic N) is 1. The van der Waals surface area contributed by atoms with Crippen LogP contribution < -0.4 is 16.0 Å². The number of hydrogen-bond donors (Lipinski definition) is 3. The summed E-state index contributed by atoms with van der Waals surface area (Å²) in [7, 11) is 0. The lowest BCUT2D eigenvalue weighted by atomic mass is 10.1. The number of alkyl halides is 3. The molecular formula is C15H20ClF3N4O3. The average molecular weight is 397 g/mol. The summed E-state index contributed by atoms with van der Waals surface area (Å²) < 4.78 is 37.9.